The molecule has 1 heterocycles. The minimum atomic E-state index is 0.0255. The highest BCUT2D eigenvalue weighted by molar-refractivity contribution is 6.31. The van der Waals surface area contributed by atoms with Crippen LogP contribution in [-0.4, -0.2) is 25.2 Å². The van der Waals surface area contributed by atoms with E-state index in [0.29, 0.717) is 11.6 Å². The van der Waals surface area contributed by atoms with Crippen molar-refractivity contribution in [2.75, 3.05) is 25.6 Å². The first-order valence-electron chi connectivity index (χ1n) is 5.34. The number of nitrogens with one attached hydrogen (secondary N) is 1. The number of hydrogen-bond donors (Lipinski definition) is 1. The molecule has 3 nitrogen and oxygen atoms in total. The van der Waals surface area contributed by atoms with E-state index < -0.39 is 0 Å². The van der Waals surface area contributed by atoms with Gasteiger partial charge in [-0.05, 0) is 17.0 Å². The summed E-state index contributed by atoms with van der Waals surface area (Å²) in [5.74, 6) is 0.839. The summed E-state index contributed by atoms with van der Waals surface area (Å²) in [5.41, 5.74) is 1.13. The summed E-state index contributed by atoms with van der Waals surface area (Å²) in [6.45, 7) is 7.80. The molecule has 0 saturated carbocycles. The average Bonchev–Trinajstić information content (AvgIpc) is 2.19. The van der Waals surface area contributed by atoms with Crippen LogP contribution < -0.4 is 5.32 Å². The lowest BCUT2D eigenvalue weighted by Crippen LogP contribution is -2.14. The number of aromatic nitrogens is 1. The van der Waals surface area contributed by atoms with Gasteiger partial charge in [-0.3, -0.25) is 0 Å². The molecule has 0 spiro atoms. The molecule has 1 aromatic rings. The fraction of sp³-hybridized carbons (Fsp3) is 0.583. The third kappa shape index (κ3) is 3.65. The van der Waals surface area contributed by atoms with Crippen molar-refractivity contribution in [2.45, 2.75) is 26.2 Å². The van der Waals surface area contributed by atoms with Crippen molar-refractivity contribution in [3.8, 4) is 0 Å². The molecule has 0 bridgehead atoms. The van der Waals surface area contributed by atoms with Gasteiger partial charge in [0.2, 0.25) is 0 Å². The highest BCUT2D eigenvalue weighted by Gasteiger charge is 2.18. The molecule has 0 aromatic carbocycles. The molecular formula is C12H19ClN2O. The Balaban J connectivity index is 2.82. The zero-order valence-corrected chi connectivity index (χ0v) is 11.1. The third-order valence-electron chi connectivity index (χ3n) is 2.28. The van der Waals surface area contributed by atoms with Crippen LogP contribution in [0.2, 0.25) is 5.02 Å². The van der Waals surface area contributed by atoms with Gasteiger partial charge < -0.3 is 10.1 Å². The van der Waals surface area contributed by atoms with Gasteiger partial charge in [0, 0.05) is 19.9 Å². The largest absolute Gasteiger partial charge is 0.383 e. The molecule has 0 atom stereocenters. The van der Waals surface area contributed by atoms with Gasteiger partial charge in [0.05, 0.1) is 11.6 Å². The SMILES string of the molecule is COCCNc1cc(C(C)(C)C)c(Cl)cn1. The summed E-state index contributed by atoms with van der Waals surface area (Å²) in [5, 5.41) is 3.90. The number of rotatable bonds is 4. The molecule has 90 valence electrons. The van der Waals surface area contributed by atoms with Gasteiger partial charge in [-0.1, -0.05) is 32.4 Å². The Morgan fingerprint density at radius 3 is 2.69 bits per heavy atom. The lowest BCUT2D eigenvalue weighted by molar-refractivity contribution is 0.210. The summed E-state index contributed by atoms with van der Waals surface area (Å²) >= 11 is 6.13. The first-order chi connectivity index (χ1) is 7.45. The molecular weight excluding hydrogens is 224 g/mol. The summed E-state index contributed by atoms with van der Waals surface area (Å²) < 4.78 is 4.97. The van der Waals surface area contributed by atoms with E-state index in [1.54, 1.807) is 13.3 Å². The van der Waals surface area contributed by atoms with Gasteiger partial charge in [-0.2, -0.15) is 0 Å². The molecule has 4 heteroatoms. The molecule has 0 aliphatic carbocycles. The van der Waals surface area contributed by atoms with Crippen molar-refractivity contribution in [3.63, 3.8) is 0 Å². The maximum Gasteiger partial charge on any atom is 0.126 e. The second-order valence-corrected chi connectivity index (χ2v) is 5.13. The highest BCUT2D eigenvalue weighted by atomic mass is 35.5. The molecule has 1 rings (SSSR count). The summed E-state index contributed by atoms with van der Waals surface area (Å²) in [7, 11) is 1.68. The van der Waals surface area contributed by atoms with Gasteiger partial charge in [0.15, 0.2) is 0 Å². The van der Waals surface area contributed by atoms with E-state index in [-0.39, 0.29) is 5.41 Å². The van der Waals surface area contributed by atoms with E-state index in [1.165, 1.54) is 0 Å². The Hall–Kier alpha value is -0.800. The maximum absolute atomic E-state index is 6.13. The van der Waals surface area contributed by atoms with E-state index in [9.17, 15) is 0 Å². The maximum atomic E-state index is 6.13. The second-order valence-electron chi connectivity index (χ2n) is 4.72. The molecule has 0 aliphatic heterocycles. The minimum Gasteiger partial charge on any atom is -0.383 e. The van der Waals surface area contributed by atoms with Crippen LogP contribution in [0.5, 0.6) is 0 Å². The van der Waals surface area contributed by atoms with Crippen LogP contribution in [-0.2, 0) is 10.2 Å². The molecule has 0 amide bonds. The summed E-state index contributed by atoms with van der Waals surface area (Å²) in [6.07, 6.45) is 1.69. The molecule has 16 heavy (non-hydrogen) atoms. The Morgan fingerprint density at radius 2 is 2.12 bits per heavy atom. The Bertz CT molecular complexity index is 347. The summed E-state index contributed by atoms with van der Waals surface area (Å²) in [4.78, 5) is 4.23. The van der Waals surface area contributed by atoms with Crippen LogP contribution in [0.3, 0.4) is 0 Å². The topological polar surface area (TPSA) is 34.1 Å². The zero-order chi connectivity index (χ0) is 12.2. The first kappa shape index (κ1) is 13.3. The number of hydrogen-bond acceptors (Lipinski definition) is 3. The van der Waals surface area contributed by atoms with Crippen molar-refractivity contribution in [1.29, 1.82) is 0 Å². The van der Waals surface area contributed by atoms with E-state index in [0.717, 1.165) is 17.9 Å². The van der Waals surface area contributed by atoms with Crippen LogP contribution in [0.4, 0.5) is 5.82 Å². The Morgan fingerprint density at radius 1 is 1.44 bits per heavy atom. The second kappa shape index (κ2) is 5.51. The summed E-state index contributed by atoms with van der Waals surface area (Å²) in [6, 6.07) is 2.00. The highest BCUT2D eigenvalue weighted by Crippen LogP contribution is 2.30. The molecule has 0 unspecified atom stereocenters. The average molecular weight is 243 g/mol. The normalized spacial score (nSPS) is 11.6. The molecule has 1 aromatic heterocycles. The number of anilines is 1. The number of halogens is 1. The standard InChI is InChI=1S/C12H19ClN2O/c1-12(2,3)9-7-11(14-5-6-16-4)15-8-10(9)13/h7-8H,5-6H2,1-4H3,(H,14,15). The van der Waals surface area contributed by atoms with Crippen LogP contribution in [0.1, 0.15) is 26.3 Å². The molecule has 0 fully saturated rings. The lowest BCUT2D eigenvalue weighted by atomic mass is 9.87. The van der Waals surface area contributed by atoms with E-state index in [1.807, 2.05) is 6.07 Å². The van der Waals surface area contributed by atoms with E-state index in [4.69, 9.17) is 16.3 Å². The van der Waals surface area contributed by atoms with Gasteiger partial charge >= 0.3 is 0 Å². The Labute approximate surface area is 102 Å². The van der Waals surface area contributed by atoms with Crippen LogP contribution in [0.15, 0.2) is 12.3 Å². The molecule has 0 aliphatic rings. The molecule has 1 N–H and O–H groups in total. The minimum absolute atomic E-state index is 0.0255. The van der Waals surface area contributed by atoms with E-state index >= 15 is 0 Å². The fourth-order valence-corrected chi connectivity index (χ4v) is 1.78. The lowest BCUT2D eigenvalue weighted by Gasteiger charge is -2.21. The number of ether oxygens (including phenoxy) is 1. The van der Waals surface area contributed by atoms with Crippen molar-refractivity contribution >= 4 is 17.4 Å². The first-order valence-corrected chi connectivity index (χ1v) is 5.72. The van der Waals surface area contributed by atoms with Gasteiger partial charge in [-0.25, -0.2) is 4.98 Å². The fourth-order valence-electron chi connectivity index (χ4n) is 1.39. The Kier molecular flexibility index (Phi) is 4.56. The quantitative estimate of drug-likeness (QED) is 0.824. The molecule has 0 saturated heterocycles. The monoisotopic (exact) mass is 242 g/mol. The van der Waals surface area contributed by atoms with Crippen molar-refractivity contribution in [3.05, 3.63) is 22.8 Å². The van der Waals surface area contributed by atoms with Gasteiger partial charge in [0.25, 0.3) is 0 Å². The van der Waals surface area contributed by atoms with Gasteiger partial charge in [0.1, 0.15) is 5.82 Å². The van der Waals surface area contributed by atoms with Crippen LogP contribution >= 0.6 is 11.6 Å². The number of nitrogens with zero attached hydrogens (tertiary/aromatic N) is 1. The van der Waals surface area contributed by atoms with Crippen molar-refractivity contribution in [2.24, 2.45) is 0 Å². The van der Waals surface area contributed by atoms with Gasteiger partial charge in [-0.15, -0.1) is 0 Å². The van der Waals surface area contributed by atoms with Crippen LogP contribution in [0, 0.1) is 0 Å². The third-order valence-corrected chi connectivity index (χ3v) is 2.58. The van der Waals surface area contributed by atoms with E-state index in [2.05, 4.69) is 31.1 Å². The predicted molar refractivity (Wildman–Crippen MR) is 68.3 cm³/mol. The molecule has 0 radical (unpaired) electrons. The van der Waals surface area contributed by atoms with Crippen molar-refractivity contribution < 1.29 is 4.74 Å². The van der Waals surface area contributed by atoms with Crippen LogP contribution in [0.25, 0.3) is 0 Å². The number of pyridine rings is 1. The number of methoxy groups -OCH3 is 1. The smallest absolute Gasteiger partial charge is 0.126 e. The predicted octanol–water partition coefficient (Wildman–Crippen LogP) is 3.09. The zero-order valence-electron chi connectivity index (χ0n) is 10.3. The van der Waals surface area contributed by atoms with Crippen molar-refractivity contribution in [1.82, 2.24) is 4.98 Å².